The highest BCUT2D eigenvalue weighted by molar-refractivity contribution is 8.00. The van der Waals surface area contributed by atoms with Crippen molar-refractivity contribution in [3.63, 3.8) is 0 Å². The Morgan fingerprint density at radius 2 is 1.60 bits per heavy atom. The topological polar surface area (TPSA) is 50.7 Å². The van der Waals surface area contributed by atoms with Crippen molar-refractivity contribution in [3.05, 3.63) is 76.4 Å². The molecule has 4 rings (SSSR count). The van der Waals surface area contributed by atoms with Crippen LogP contribution in [0.2, 0.25) is 5.28 Å². The van der Waals surface area contributed by atoms with E-state index in [4.69, 9.17) is 16.6 Å². The molecule has 4 aromatic rings. The molecule has 2 heterocycles. The summed E-state index contributed by atoms with van der Waals surface area (Å²) in [6.45, 7) is 10.0. The average Bonchev–Trinajstić information content (AvgIpc) is 3.27. The van der Waals surface area contributed by atoms with Gasteiger partial charge in [-0.2, -0.15) is 0 Å². The Hall–Kier alpha value is -2.62. The highest BCUT2D eigenvalue weighted by Crippen LogP contribution is 2.42. The van der Waals surface area contributed by atoms with Crippen molar-refractivity contribution in [3.8, 4) is 21.8 Å². The van der Waals surface area contributed by atoms with Crippen LogP contribution in [0.25, 0.3) is 21.8 Å². The second-order valence-corrected chi connectivity index (χ2v) is 10.2. The fourth-order valence-corrected chi connectivity index (χ4v) is 4.89. The first-order chi connectivity index (χ1) is 16.6. The molecule has 35 heavy (non-hydrogen) atoms. The molecule has 10 heteroatoms. The van der Waals surface area contributed by atoms with Crippen LogP contribution in [-0.4, -0.2) is 15.0 Å². The van der Waals surface area contributed by atoms with Crippen molar-refractivity contribution in [2.75, 3.05) is 4.72 Å². The summed E-state index contributed by atoms with van der Waals surface area (Å²) in [5, 5.41) is 0.867. The molecule has 0 aliphatic carbocycles. The molecule has 0 saturated carbocycles. The fourth-order valence-electron chi connectivity index (χ4n) is 2.94. The number of aromatic nitrogens is 3. The Morgan fingerprint density at radius 1 is 0.943 bits per heavy atom. The van der Waals surface area contributed by atoms with E-state index >= 15 is 4.39 Å². The maximum atomic E-state index is 15.6. The lowest BCUT2D eigenvalue weighted by atomic mass is 9.98. The van der Waals surface area contributed by atoms with Gasteiger partial charge in [-0.1, -0.05) is 46.8 Å². The Balaban J connectivity index is 0.00000167. The van der Waals surface area contributed by atoms with Crippen LogP contribution in [0, 0.1) is 17.5 Å². The van der Waals surface area contributed by atoms with Gasteiger partial charge in [0.1, 0.15) is 11.6 Å². The van der Waals surface area contributed by atoms with Gasteiger partial charge >= 0.3 is 0 Å². The summed E-state index contributed by atoms with van der Waals surface area (Å²) < 4.78 is 46.2. The quantitative estimate of drug-likeness (QED) is 0.204. The van der Waals surface area contributed by atoms with E-state index in [2.05, 4.69) is 14.7 Å². The van der Waals surface area contributed by atoms with E-state index in [9.17, 15) is 8.78 Å². The molecule has 0 radical (unpaired) electrons. The zero-order valence-electron chi connectivity index (χ0n) is 19.8. The van der Waals surface area contributed by atoms with Gasteiger partial charge in [0.15, 0.2) is 5.82 Å². The predicted octanol–water partition coefficient (Wildman–Crippen LogP) is 8.78. The van der Waals surface area contributed by atoms with Gasteiger partial charge in [0, 0.05) is 17.2 Å². The molecule has 0 fully saturated rings. The SMILES string of the molecule is CC.CC(C)(C)c1nc(-c2cccc(NSc3c(F)cccc3F)c2F)c(-c2ccnc(Cl)n2)s1. The number of rotatable bonds is 5. The van der Waals surface area contributed by atoms with E-state index in [-0.39, 0.29) is 26.8 Å². The van der Waals surface area contributed by atoms with Crippen molar-refractivity contribution >= 4 is 40.6 Å². The molecule has 0 atom stereocenters. The van der Waals surface area contributed by atoms with Gasteiger partial charge in [-0.25, -0.2) is 28.1 Å². The average molecular weight is 537 g/mol. The van der Waals surface area contributed by atoms with Gasteiger partial charge in [0.25, 0.3) is 0 Å². The van der Waals surface area contributed by atoms with E-state index in [1.54, 1.807) is 18.2 Å². The predicted molar refractivity (Wildman–Crippen MR) is 139 cm³/mol. The highest BCUT2D eigenvalue weighted by atomic mass is 35.5. The van der Waals surface area contributed by atoms with Crippen molar-refractivity contribution in [2.24, 2.45) is 0 Å². The minimum Gasteiger partial charge on any atom is -0.323 e. The van der Waals surface area contributed by atoms with Gasteiger partial charge in [-0.3, -0.25) is 0 Å². The molecule has 4 nitrogen and oxygen atoms in total. The molecule has 0 aliphatic heterocycles. The van der Waals surface area contributed by atoms with Crippen molar-refractivity contribution in [2.45, 2.75) is 44.9 Å². The molecule has 0 spiro atoms. The van der Waals surface area contributed by atoms with Crippen LogP contribution < -0.4 is 4.72 Å². The molecular weight excluding hydrogens is 513 g/mol. The van der Waals surface area contributed by atoms with E-state index in [0.717, 1.165) is 17.1 Å². The second kappa shape index (κ2) is 11.4. The minimum absolute atomic E-state index is 0.0668. The smallest absolute Gasteiger partial charge is 0.222 e. The molecule has 0 unspecified atom stereocenters. The van der Waals surface area contributed by atoms with Crippen LogP contribution in [0.4, 0.5) is 18.9 Å². The molecule has 184 valence electrons. The highest BCUT2D eigenvalue weighted by Gasteiger charge is 2.26. The van der Waals surface area contributed by atoms with Crippen LogP contribution in [0.3, 0.4) is 0 Å². The standard InChI is InChI=1S/C23H18ClF3N4S2.C2H6/c1-23(2,3)21-30-18(20(32-21)16-10-11-28-22(24)29-16)12-6-4-9-15(17(12)27)31-33-19-13(25)7-5-8-14(19)26;1-2/h4-11,31H,1-3H3;1-2H3. The fraction of sp³-hybridized carbons (Fsp3) is 0.240. The Kier molecular flexibility index (Phi) is 8.79. The van der Waals surface area contributed by atoms with E-state index in [1.807, 2.05) is 34.6 Å². The van der Waals surface area contributed by atoms with Crippen LogP contribution in [0.15, 0.2) is 53.6 Å². The lowest BCUT2D eigenvalue weighted by Gasteiger charge is -2.13. The molecule has 1 N–H and O–H groups in total. The first kappa shape index (κ1) is 27.0. The van der Waals surface area contributed by atoms with E-state index < -0.39 is 17.5 Å². The maximum Gasteiger partial charge on any atom is 0.222 e. The second-order valence-electron chi connectivity index (χ2n) is 8.08. The Labute approximate surface area is 216 Å². The number of thiazole rings is 1. The van der Waals surface area contributed by atoms with Crippen LogP contribution in [0.1, 0.15) is 39.6 Å². The van der Waals surface area contributed by atoms with Gasteiger partial charge in [0.2, 0.25) is 5.28 Å². The summed E-state index contributed by atoms with van der Waals surface area (Å²) in [6.07, 6.45) is 1.53. The molecule has 0 saturated heterocycles. The normalized spacial score (nSPS) is 11.1. The maximum absolute atomic E-state index is 15.6. The molecule has 0 aliphatic rings. The Bertz CT molecular complexity index is 1300. The van der Waals surface area contributed by atoms with Crippen LogP contribution in [0.5, 0.6) is 0 Å². The molecule has 0 amide bonds. The van der Waals surface area contributed by atoms with Gasteiger partial charge in [0.05, 0.1) is 31.9 Å². The van der Waals surface area contributed by atoms with Gasteiger partial charge in [-0.15, -0.1) is 11.3 Å². The molecule has 0 bridgehead atoms. The van der Waals surface area contributed by atoms with Crippen molar-refractivity contribution < 1.29 is 13.2 Å². The number of hydrogen-bond acceptors (Lipinski definition) is 6. The summed E-state index contributed by atoms with van der Waals surface area (Å²) in [5.74, 6) is -2.07. The summed E-state index contributed by atoms with van der Waals surface area (Å²) in [4.78, 5) is 13.3. The zero-order valence-corrected chi connectivity index (χ0v) is 22.2. The summed E-state index contributed by atoms with van der Waals surface area (Å²) in [6, 6.07) is 9.97. The lowest BCUT2D eigenvalue weighted by Crippen LogP contribution is -2.10. The third-order valence-corrected chi connectivity index (χ3v) is 7.17. The Morgan fingerprint density at radius 3 is 2.23 bits per heavy atom. The number of benzene rings is 2. The first-order valence-corrected chi connectivity index (χ1v) is 12.8. The van der Waals surface area contributed by atoms with Crippen LogP contribution in [-0.2, 0) is 5.41 Å². The van der Waals surface area contributed by atoms with Crippen molar-refractivity contribution in [1.29, 1.82) is 0 Å². The number of nitrogens with one attached hydrogen (secondary N) is 1. The third-order valence-electron chi connectivity index (χ3n) is 4.56. The molecule has 2 aromatic heterocycles. The number of anilines is 1. The summed E-state index contributed by atoms with van der Waals surface area (Å²) in [7, 11) is 0. The zero-order chi connectivity index (χ0) is 25.8. The van der Waals surface area contributed by atoms with Gasteiger partial charge < -0.3 is 4.72 Å². The first-order valence-electron chi connectivity index (χ1n) is 10.8. The summed E-state index contributed by atoms with van der Waals surface area (Å²) >= 11 is 8.05. The monoisotopic (exact) mass is 536 g/mol. The van der Waals surface area contributed by atoms with Gasteiger partial charge in [-0.05, 0) is 53.9 Å². The summed E-state index contributed by atoms with van der Waals surface area (Å²) in [5.41, 5.74) is 0.948. The number of halogens is 4. The molecular formula is C25H24ClF3N4S2. The lowest BCUT2D eigenvalue weighted by molar-refractivity contribution is 0.541. The minimum atomic E-state index is -0.735. The molecule has 2 aromatic carbocycles. The third kappa shape index (κ3) is 6.15. The number of hydrogen-bond donors (Lipinski definition) is 1. The van der Waals surface area contributed by atoms with E-state index in [1.165, 1.54) is 29.7 Å². The van der Waals surface area contributed by atoms with E-state index in [0.29, 0.717) is 28.2 Å². The van der Waals surface area contributed by atoms with Crippen molar-refractivity contribution in [1.82, 2.24) is 15.0 Å². The van der Waals surface area contributed by atoms with Crippen LogP contribution >= 0.6 is 34.9 Å². The largest absolute Gasteiger partial charge is 0.323 e. The number of nitrogens with zero attached hydrogens (tertiary/aromatic N) is 3.